The smallest absolute Gasteiger partial charge is 0.153 e. The molecule has 0 aliphatic heterocycles. The van der Waals surface area contributed by atoms with E-state index in [1.807, 2.05) is 0 Å². The third kappa shape index (κ3) is 2.91. The molecule has 0 radical (unpaired) electrons. The van der Waals surface area contributed by atoms with Gasteiger partial charge in [0.25, 0.3) is 0 Å². The van der Waals surface area contributed by atoms with E-state index in [1.54, 1.807) is 6.07 Å². The number of nitrogen functional groups attached to an aromatic ring is 1. The Morgan fingerprint density at radius 3 is 2.35 bits per heavy atom. The third-order valence-electron chi connectivity index (χ3n) is 2.01. The molecule has 0 fully saturated rings. The molecule has 0 aliphatic rings. The van der Waals surface area contributed by atoms with E-state index in [0.717, 1.165) is 22.7 Å². The van der Waals surface area contributed by atoms with Gasteiger partial charge in [-0.3, -0.25) is 0 Å². The van der Waals surface area contributed by atoms with Crippen LogP contribution in [0.2, 0.25) is 0 Å². The van der Waals surface area contributed by atoms with E-state index in [9.17, 15) is 8.78 Å². The number of pyridine rings is 1. The number of nitrogens with zero attached hydrogens (tertiary/aromatic N) is 1. The number of hydrogen-bond acceptors (Lipinski definition) is 3. The summed E-state index contributed by atoms with van der Waals surface area (Å²) in [5.41, 5.74) is 6.34. The summed E-state index contributed by atoms with van der Waals surface area (Å²) in [4.78, 5) is 4.00. The number of nitrogens with two attached hydrogens (primary N) is 1. The monoisotopic (exact) mass is 299 g/mol. The van der Waals surface area contributed by atoms with Crippen LogP contribution in [0.15, 0.2) is 34.9 Å². The number of hydrogen-bond donors (Lipinski definition) is 2. The van der Waals surface area contributed by atoms with Gasteiger partial charge in [0.15, 0.2) is 5.82 Å². The molecule has 0 saturated heterocycles. The van der Waals surface area contributed by atoms with Crippen molar-refractivity contribution in [3.8, 4) is 0 Å². The Bertz CT molecular complexity index is 540. The first-order valence-corrected chi connectivity index (χ1v) is 5.48. The van der Waals surface area contributed by atoms with E-state index < -0.39 is 11.6 Å². The second-order valence-corrected chi connectivity index (χ2v) is 4.29. The number of rotatable bonds is 2. The van der Waals surface area contributed by atoms with Gasteiger partial charge in [-0.15, -0.1) is 0 Å². The molecule has 1 aromatic heterocycles. The highest BCUT2D eigenvalue weighted by molar-refractivity contribution is 9.10. The fourth-order valence-electron chi connectivity index (χ4n) is 1.32. The second-order valence-electron chi connectivity index (χ2n) is 3.37. The maximum Gasteiger partial charge on any atom is 0.153 e. The fraction of sp³-hybridized carbons (Fsp3) is 0. The van der Waals surface area contributed by atoms with Crippen molar-refractivity contribution in [2.45, 2.75) is 0 Å². The van der Waals surface area contributed by atoms with Crippen LogP contribution in [0, 0.1) is 11.6 Å². The topological polar surface area (TPSA) is 50.9 Å². The number of benzene rings is 1. The third-order valence-corrected chi connectivity index (χ3v) is 2.44. The summed E-state index contributed by atoms with van der Waals surface area (Å²) < 4.78 is 26.6. The molecule has 0 atom stereocenters. The molecule has 1 heterocycles. The zero-order valence-corrected chi connectivity index (χ0v) is 10.1. The lowest BCUT2D eigenvalue weighted by Crippen LogP contribution is -1.99. The van der Waals surface area contributed by atoms with Gasteiger partial charge in [-0.2, -0.15) is 0 Å². The first-order valence-electron chi connectivity index (χ1n) is 4.69. The summed E-state index contributed by atoms with van der Waals surface area (Å²) in [6, 6.07) is 4.76. The van der Waals surface area contributed by atoms with Gasteiger partial charge in [-0.1, -0.05) is 0 Å². The van der Waals surface area contributed by atoms with Crippen LogP contribution >= 0.6 is 15.9 Å². The highest BCUT2D eigenvalue weighted by atomic mass is 79.9. The minimum Gasteiger partial charge on any atom is -0.396 e. The average Bonchev–Trinajstić information content (AvgIpc) is 2.21. The van der Waals surface area contributed by atoms with E-state index in [2.05, 4.69) is 26.2 Å². The number of aromatic nitrogens is 1. The van der Waals surface area contributed by atoms with Crippen LogP contribution in [-0.2, 0) is 0 Å². The van der Waals surface area contributed by atoms with Gasteiger partial charge in [0.2, 0.25) is 0 Å². The number of anilines is 3. The van der Waals surface area contributed by atoms with Gasteiger partial charge in [-0.25, -0.2) is 13.8 Å². The normalized spacial score (nSPS) is 10.3. The maximum atomic E-state index is 13.0. The summed E-state index contributed by atoms with van der Waals surface area (Å²) in [6.45, 7) is 0. The van der Waals surface area contributed by atoms with Gasteiger partial charge in [-0.05, 0) is 34.1 Å². The Balaban J connectivity index is 2.31. The van der Waals surface area contributed by atoms with Crippen molar-refractivity contribution in [3.63, 3.8) is 0 Å². The minimum atomic E-state index is -0.664. The summed E-state index contributed by atoms with van der Waals surface area (Å²) in [5.74, 6) is -0.982. The molecule has 3 nitrogen and oxygen atoms in total. The zero-order valence-electron chi connectivity index (χ0n) is 8.55. The van der Waals surface area contributed by atoms with Crippen LogP contribution in [0.25, 0.3) is 0 Å². The summed E-state index contributed by atoms with van der Waals surface area (Å²) in [5, 5.41) is 2.74. The van der Waals surface area contributed by atoms with E-state index in [4.69, 9.17) is 5.73 Å². The molecule has 88 valence electrons. The molecule has 0 spiro atoms. The Morgan fingerprint density at radius 1 is 1.12 bits per heavy atom. The maximum absolute atomic E-state index is 13.0. The van der Waals surface area contributed by atoms with Crippen molar-refractivity contribution >= 4 is 33.1 Å². The molecule has 2 aromatic rings. The van der Waals surface area contributed by atoms with Gasteiger partial charge in [0, 0.05) is 22.4 Å². The lowest BCUT2D eigenvalue weighted by Gasteiger charge is -2.08. The molecule has 17 heavy (non-hydrogen) atoms. The van der Waals surface area contributed by atoms with Crippen LogP contribution < -0.4 is 11.1 Å². The lowest BCUT2D eigenvalue weighted by molar-refractivity contribution is 0.584. The molecule has 0 saturated carbocycles. The predicted octanol–water partition coefficient (Wildman–Crippen LogP) is 3.45. The average molecular weight is 300 g/mol. The minimum absolute atomic E-state index is 0.254. The quantitative estimate of drug-likeness (QED) is 0.893. The molecule has 0 bridgehead atoms. The zero-order chi connectivity index (χ0) is 12.4. The summed E-state index contributed by atoms with van der Waals surface area (Å²) >= 11 is 3.21. The van der Waals surface area contributed by atoms with Crippen LogP contribution in [0.1, 0.15) is 0 Å². The Kier molecular flexibility index (Phi) is 3.23. The van der Waals surface area contributed by atoms with Crippen molar-refractivity contribution in [2.24, 2.45) is 0 Å². The highest BCUT2D eigenvalue weighted by Crippen LogP contribution is 2.24. The largest absolute Gasteiger partial charge is 0.396 e. The molecule has 0 amide bonds. The van der Waals surface area contributed by atoms with Gasteiger partial charge in [0.05, 0.1) is 5.69 Å². The van der Waals surface area contributed by atoms with Gasteiger partial charge >= 0.3 is 0 Å². The van der Waals surface area contributed by atoms with Crippen LogP contribution in [0.5, 0.6) is 0 Å². The SMILES string of the molecule is Nc1cc(Br)cnc1Nc1cc(F)cc(F)c1. The molecule has 2 rings (SSSR count). The summed E-state index contributed by atoms with van der Waals surface area (Å²) in [6.07, 6.45) is 1.54. The molecule has 0 aliphatic carbocycles. The fourth-order valence-corrected chi connectivity index (χ4v) is 1.67. The van der Waals surface area contributed by atoms with E-state index in [0.29, 0.717) is 11.5 Å². The predicted molar refractivity (Wildman–Crippen MR) is 66.0 cm³/mol. The van der Waals surface area contributed by atoms with Gasteiger partial charge in [0.1, 0.15) is 11.6 Å². The molecule has 0 unspecified atom stereocenters. The standard InChI is InChI=1S/C11H8BrF2N3/c12-6-1-10(15)11(16-5-6)17-9-3-7(13)2-8(14)4-9/h1-5H,15H2,(H,16,17). The van der Waals surface area contributed by atoms with Crippen molar-refractivity contribution < 1.29 is 8.78 Å². The molecular weight excluding hydrogens is 292 g/mol. The Labute approximate surface area is 105 Å². The van der Waals surface area contributed by atoms with E-state index in [1.165, 1.54) is 6.20 Å². The van der Waals surface area contributed by atoms with Crippen molar-refractivity contribution in [3.05, 3.63) is 46.6 Å². The number of nitrogens with one attached hydrogen (secondary N) is 1. The number of halogens is 3. The lowest BCUT2D eigenvalue weighted by atomic mass is 10.3. The van der Waals surface area contributed by atoms with Crippen LogP contribution in [0.3, 0.4) is 0 Å². The highest BCUT2D eigenvalue weighted by Gasteiger charge is 2.05. The van der Waals surface area contributed by atoms with Crippen LogP contribution in [0.4, 0.5) is 26.0 Å². The summed E-state index contributed by atoms with van der Waals surface area (Å²) in [7, 11) is 0. The first kappa shape index (κ1) is 11.8. The Morgan fingerprint density at radius 2 is 1.76 bits per heavy atom. The first-order chi connectivity index (χ1) is 8.04. The molecule has 3 N–H and O–H groups in total. The van der Waals surface area contributed by atoms with Crippen molar-refractivity contribution in [1.29, 1.82) is 0 Å². The molecule has 1 aromatic carbocycles. The van der Waals surface area contributed by atoms with Crippen molar-refractivity contribution in [1.82, 2.24) is 4.98 Å². The van der Waals surface area contributed by atoms with E-state index in [-0.39, 0.29) is 5.69 Å². The molecule has 6 heteroatoms. The molecular formula is C11H8BrF2N3. The second kappa shape index (κ2) is 4.67. The Hall–Kier alpha value is -1.69. The van der Waals surface area contributed by atoms with Gasteiger partial charge < -0.3 is 11.1 Å². The van der Waals surface area contributed by atoms with E-state index >= 15 is 0 Å². The van der Waals surface area contributed by atoms with Crippen molar-refractivity contribution in [2.75, 3.05) is 11.1 Å². The van der Waals surface area contributed by atoms with Crippen LogP contribution in [-0.4, -0.2) is 4.98 Å².